The molecule has 0 saturated carbocycles. The van der Waals surface area contributed by atoms with E-state index in [-0.39, 0.29) is 17.2 Å². The van der Waals surface area contributed by atoms with E-state index in [2.05, 4.69) is 10.3 Å². The molecule has 0 saturated heterocycles. The summed E-state index contributed by atoms with van der Waals surface area (Å²) in [6.45, 7) is 3.87. The molecular weight excluding hydrogens is 366 g/mol. The van der Waals surface area contributed by atoms with Crippen molar-refractivity contribution in [3.05, 3.63) is 57.0 Å². The fraction of sp³-hybridized carbons (Fsp3) is 0.263. The van der Waals surface area contributed by atoms with Gasteiger partial charge in [-0.15, -0.1) is 11.3 Å². The molecule has 8 heteroatoms. The average Bonchev–Trinajstić information content (AvgIpc) is 3.08. The van der Waals surface area contributed by atoms with Gasteiger partial charge in [0.25, 0.3) is 11.5 Å². The van der Waals surface area contributed by atoms with Gasteiger partial charge in [-0.3, -0.25) is 14.9 Å². The maximum atomic E-state index is 12.8. The lowest BCUT2D eigenvalue weighted by Crippen LogP contribution is -2.21. The van der Waals surface area contributed by atoms with Gasteiger partial charge in [0.1, 0.15) is 0 Å². The number of hydrogen-bond donors (Lipinski definition) is 1. The van der Waals surface area contributed by atoms with Crippen molar-refractivity contribution in [2.45, 2.75) is 19.8 Å². The standard InChI is InChI=1S/C19H19N3O4S/c1-10(2)15-14(18(25)26-4)20-19(27-15)21-16(23)13-9-22(3)17(24)12-8-6-5-7-11(12)13/h5-10H,1-4H3,(H,20,21,23). The maximum Gasteiger partial charge on any atom is 0.357 e. The van der Waals surface area contributed by atoms with Crippen molar-refractivity contribution in [2.24, 2.45) is 7.05 Å². The number of fused-ring (bicyclic) bond motifs is 1. The summed E-state index contributed by atoms with van der Waals surface area (Å²) in [4.78, 5) is 42.0. The van der Waals surface area contributed by atoms with Gasteiger partial charge in [0.05, 0.1) is 12.7 Å². The van der Waals surface area contributed by atoms with Crippen molar-refractivity contribution in [1.29, 1.82) is 0 Å². The Kier molecular flexibility index (Phi) is 5.09. The third kappa shape index (κ3) is 3.48. The highest BCUT2D eigenvalue weighted by Gasteiger charge is 2.22. The Balaban J connectivity index is 2.02. The highest BCUT2D eigenvalue weighted by molar-refractivity contribution is 7.16. The van der Waals surface area contributed by atoms with Crippen molar-refractivity contribution in [3.8, 4) is 0 Å². The van der Waals surface area contributed by atoms with Crippen LogP contribution < -0.4 is 10.9 Å². The van der Waals surface area contributed by atoms with Crippen LogP contribution in [0.15, 0.2) is 35.3 Å². The van der Waals surface area contributed by atoms with Gasteiger partial charge in [0.15, 0.2) is 10.8 Å². The molecule has 140 valence electrons. The number of aromatic nitrogens is 2. The Hall–Kier alpha value is -3.00. The van der Waals surface area contributed by atoms with E-state index in [9.17, 15) is 14.4 Å². The molecule has 1 aromatic carbocycles. The molecule has 2 aromatic heterocycles. The second kappa shape index (κ2) is 7.32. The number of amides is 1. The highest BCUT2D eigenvalue weighted by atomic mass is 32.1. The molecule has 27 heavy (non-hydrogen) atoms. The van der Waals surface area contributed by atoms with Crippen LogP contribution in [0.25, 0.3) is 10.8 Å². The predicted octanol–water partition coefficient (Wildman–Crippen LogP) is 3.16. The van der Waals surface area contributed by atoms with E-state index < -0.39 is 11.9 Å². The van der Waals surface area contributed by atoms with Gasteiger partial charge in [-0.2, -0.15) is 0 Å². The van der Waals surface area contributed by atoms with Gasteiger partial charge in [-0.1, -0.05) is 32.0 Å². The van der Waals surface area contributed by atoms with Crippen LogP contribution in [0.2, 0.25) is 0 Å². The summed E-state index contributed by atoms with van der Waals surface area (Å²) in [6.07, 6.45) is 1.50. The second-order valence-electron chi connectivity index (χ2n) is 6.34. The first kappa shape index (κ1) is 18.8. The number of pyridine rings is 1. The normalized spacial score (nSPS) is 11.0. The number of nitrogens with zero attached hydrogens (tertiary/aromatic N) is 2. The van der Waals surface area contributed by atoms with Gasteiger partial charge in [0.2, 0.25) is 0 Å². The van der Waals surface area contributed by atoms with Crippen LogP contribution in [0.1, 0.15) is 45.5 Å². The minimum atomic E-state index is -0.539. The summed E-state index contributed by atoms with van der Waals surface area (Å²) in [7, 11) is 2.89. The maximum absolute atomic E-state index is 12.8. The second-order valence-corrected chi connectivity index (χ2v) is 7.37. The first-order chi connectivity index (χ1) is 12.8. The van der Waals surface area contributed by atoms with Gasteiger partial charge in [-0.05, 0) is 12.0 Å². The number of hydrogen-bond acceptors (Lipinski definition) is 6. The van der Waals surface area contributed by atoms with E-state index in [0.717, 1.165) is 4.88 Å². The fourth-order valence-electron chi connectivity index (χ4n) is 2.78. The average molecular weight is 385 g/mol. The van der Waals surface area contributed by atoms with Crippen molar-refractivity contribution in [3.63, 3.8) is 0 Å². The summed E-state index contributed by atoms with van der Waals surface area (Å²) >= 11 is 1.23. The summed E-state index contributed by atoms with van der Waals surface area (Å²) in [5, 5.41) is 4.07. The molecule has 1 N–H and O–H groups in total. The zero-order chi connectivity index (χ0) is 19.7. The van der Waals surface area contributed by atoms with Gasteiger partial charge < -0.3 is 9.30 Å². The molecule has 0 spiro atoms. The van der Waals surface area contributed by atoms with Crippen molar-refractivity contribution in [1.82, 2.24) is 9.55 Å². The molecule has 2 heterocycles. The van der Waals surface area contributed by atoms with E-state index >= 15 is 0 Å². The minimum Gasteiger partial charge on any atom is -0.464 e. The van der Waals surface area contributed by atoms with Crippen molar-refractivity contribution >= 4 is 39.1 Å². The van der Waals surface area contributed by atoms with Crippen LogP contribution in [-0.2, 0) is 11.8 Å². The third-order valence-corrected chi connectivity index (χ3v) is 5.38. The molecule has 0 atom stereocenters. The molecule has 0 aliphatic rings. The number of esters is 1. The molecule has 0 aliphatic carbocycles. The molecule has 0 bridgehead atoms. The molecule has 3 aromatic rings. The number of anilines is 1. The number of thiazole rings is 1. The van der Waals surface area contributed by atoms with Crippen LogP contribution in [0.3, 0.4) is 0 Å². The quantitative estimate of drug-likeness (QED) is 0.697. The Morgan fingerprint density at radius 2 is 1.89 bits per heavy atom. The molecule has 1 amide bonds. The number of ether oxygens (including phenoxy) is 1. The van der Waals surface area contributed by atoms with Crippen molar-refractivity contribution < 1.29 is 14.3 Å². The van der Waals surface area contributed by atoms with E-state index in [0.29, 0.717) is 21.5 Å². The van der Waals surface area contributed by atoms with E-state index in [1.165, 1.54) is 29.2 Å². The number of nitrogens with one attached hydrogen (secondary N) is 1. The number of carbonyl (C=O) groups is 2. The predicted molar refractivity (Wildman–Crippen MR) is 105 cm³/mol. The van der Waals surface area contributed by atoms with Gasteiger partial charge in [0, 0.05) is 28.9 Å². The Morgan fingerprint density at radius 3 is 2.52 bits per heavy atom. The fourth-order valence-corrected chi connectivity index (χ4v) is 3.73. The molecule has 0 aliphatic heterocycles. The van der Waals surface area contributed by atoms with E-state index in [4.69, 9.17) is 4.74 Å². The minimum absolute atomic E-state index is 0.0561. The molecule has 7 nitrogen and oxygen atoms in total. The first-order valence-corrected chi connectivity index (χ1v) is 9.14. The Labute approximate surface area is 159 Å². The molecule has 0 radical (unpaired) electrons. The zero-order valence-electron chi connectivity index (χ0n) is 15.4. The summed E-state index contributed by atoms with van der Waals surface area (Å²) in [5.74, 6) is -0.883. The lowest BCUT2D eigenvalue weighted by Gasteiger charge is -2.08. The number of benzene rings is 1. The van der Waals surface area contributed by atoms with Gasteiger partial charge in [-0.25, -0.2) is 9.78 Å². The topological polar surface area (TPSA) is 90.3 Å². The summed E-state index contributed by atoms with van der Waals surface area (Å²) in [6, 6.07) is 6.94. The zero-order valence-corrected chi connectivity index (χ0v) is 16.2. The largest absolute Gasteiger partial charge is 0.464 e. The summed E-state index contributed by atoms with van der Waals surface area (Å²) in [5.41, 5.74) is 0.387. The third-order valence-electron chi connectivity index (χ3n) is 4.11. The molecular formula is C19H19N3O4S. The van der Waals surface area contributed by atoms with Crippen LogP contribution in [0.5, 0.6) is 0 Å². The number of methoxy groups -OCH3 is 1. The molecule has 0 unspecified atom stereocenters. The monoisotopic (exact) mass is 385 g/mol. The number of rotatable bonds is 4. The van der Waals surface area contributed by atoms with Crippen LogP contribution in [-0.4, -0.2) is 28.5 Å². The summed E-state index contributed by atoms with van der Waals surface area (Å²) < 4.78 is 6.14. The van der Waals surface area contributed by atoms with E-state index in [1.807, 2.05) is 13.8 Å². The van der Waals surface area contributed by atoms with Crippen LogP contribution >= 0.6 is 11.3 Å². The smallest absolute Gasteiger partial charge is 0.357 e. The Morgan fingerprint density at radius 1 is 1.22 bits per heavy atom. The van der Waals surface area contributed by atoms with Crippen molar-refractivity contribution in [2.75, 3.05) is 12.4 Å². The van der Waals surface area contributed by atoms with Gasteiger partial charge >= 0.3 is 5.97 Å². The Bertz CT molecular complexity index is 1100. The lowest BCUT2D eigenvalue weighted by atomic mass is 10.1. The van der Waals surface area contributed by atoms with Crippen LogP contribution in [0, 0.1) is 0 Å². The van der Waals surface area contributed by atoms with Crippen LogP contribution in [0.4, 0.5) is 5.13 Å². The first-order valence-electron chi connectivity index (χ1n) is 8.32. The molecule has 0 fully saturated rings. The number of aryl methyl sites for hydroxylation is 1. The highest BCUT2D eigenvalue weighted by Crippen LogP contribution is 2.30. The van der Waals surface area contributed by atoms with E-state index in [1.54, 1.807) is 31.3 Å². The lowest BCUT2D eigenvalue weighted by molar-refractivity contribution is 0.0593. The SMILES string of the molecule is COC(=O)c1nc(NC(=O)c2cn(C)c(=O)c3ccccc23)sc1C(C)C. The molecule has 3 rings (SSSR count). The number of carbonyl (C=O) groups excluding carboxylic acids is 2.